The van der Waals surface area contributed by atoms with E-state index in [0.29, 0.717) is 12.0 Å². The zero-order valence-corrected chi connectivity index (χ0v) is 27.1. The molecular formula is C40H45N3O2. The van der Waals surface area contributed by atoms with Gasteiger partial charge in [0, 0.05) is 34.6 Å². The van der Waals surface area contributed by atoms with Crippen molar-refractivity contribution in [2.45, 2.75) is 83.3 Å². The van der Waals surface area contributed by atoms with E-state index >= 15 is 0 Å². The van der Waals surface area contributed by atoms with Gasteiger partial charge in [0.25, 0.3) is 5.91 Å². The molecule has 4 saturated carbocycles. The average Bonchev–Trinajstić information content (AvgIpc) is 3.45. The summed E-state index contributed by atoms with van der Waals surface area (Å²) in [5.41, 5.74) is 7.24. The molecule has 2 unspecified atom stereocenters. The second-order valence-electron chi connectivity index (χ2n) is 15.2. The maximum atomic E-state index is 14.8. The molecule has 0 saturated heterocycles. The molecule has 1 aromatic heterocycles. The summed E-state index contributed by atoms with van der Waals surface area (Å²) in [5.74, 6) is 2.45. The number of amides is 2. The quantitative estimate of drug-likeness (QED) is 0.233. The number of aryl methyl sites for hydroxylation is 2. The Bertz CT molecular complexity index is 1760. The van der Waals surface area contributed by atoms with Gasteiger partial charge in [-0.3, -0.25) is 9.59 Å². The summed E-state index contributed by atoms with van der Waals surface area (Å²) in [6.07, 6.45) is 7.90. The Kier molecular flexibility index (Phi) is 6.74. The molecule has 4 bridgehead atoms. The third kappa shape index (κ3) is 4.64. The molecule has 1 aliphatic heterocycles. The van der Waals surface area contributed by atoms with E-state index in [-0.39, 0.29) is 29.3 Å². The summed E-state index contributed by atoms with van der Waals surface area (Å²) in [6.45, 7) is 6.45. The Labute approximate surface area is 267 Å². The van der Waals surface area contributed by atoms with Gasteiger partial charge in [0.15, 0.2) is 0 Å². The lowest BCUT2D eigenvalue weighted by Gasteiger charge is -2.57. The molecule has 5 aliphatic rings. The van der Waals surface area contributed by atoms with Gasteiger partial charge in [-0.05, 0) is 98.8 Å². The predicted octanol–water partition coefficient (Wildman–Crippen LogP) is 8.20. The van der Waals surface area contributed by atoms with Crippen LogP contribution < -0.4 is 5.32 Å². The zero-order chi connectivity index (χ0) is 31.0. The molecule has 2 amide bonds. The van der Waals surface area contributed by atoms with E-state index in [4.69, 9.17) is 0 Å². The van der Waals surface area contributed by atoms with Gasteiger partial charge < -0.3 is 14.8 Å². The molecule has 0 spiro atoms. The van der Waals surface area contributed by atoms with Crippen molar-refractivity contribution in [2.24, 2.45) is 30.7 Å². The Morgan fingerprint density at radius 2 is 1.51 bits per heavy atom. The van der Waals surface area contributed by atoms with Gasteiger partial charge in [-0.15, -0.1) is 0 Å². The summed E-state index contributed by atoms with van der Waals surface area (Å²) >= 11 is 0. The zero-order valence-electron chi connectivity index (χ0n) is 27.1. The standard InChI is InChI=1S/C40H45N3O2/c1-24(2)17-34(38(44)41-40-21-26-18-27(22-40)20-28(19-26)23-40)43-37(30-9-5-6-10-31(30)39(43)45)35-32-11-7-8-12-33(32)42(4)36(35)29-15-13-25(3)14-16-29/h5-16,24,26-28,34,37H,17-23H2,1-4H3,(H,41,44). The minimum absolute atomic E-state index is 0.0360. The van der Waals surface area contributed by atoms with Crippen molar-refractivity contribution in [3.8, 4) is 11.3 Å². The fraction of sp³-hybridized carbons (Fsp3) is 0.450. The third-order valence-electron chi connectivity index (χ3n) is 11.5. The molecule has 5 heteroatoms. The number of fused-ring (bicyclic) bond motifs is 2. The first-order valence-electron chi connectivity index (χ1n) is 17.1. The van der Waals surface area contributed by atoms with Gasteiger partial charge in [-0.1, -0.05) is 80.1 Å². The molecule has 4 aromatic rings. The Hall–Kier alpha value is -3.86. The van der Waals surface area contributed by atoms with Crippen molar-refractivity contribution in [2.75, 3.05) is 0 Å². The number of carbonyl (C=O) groups excluding carboxylic acids is 2. The van der Waals surface area contributed by atoms with E-state index in [1.165, 1.54) is 24.8 Å². The highest BCUT2D eigenvalue weighted by atomic mass is 16.2. The van der Waals surface area contributed by atoms with Crippen LogP contribution in [0.4, 0.5) is 0 Å². The maximum absolute atomic E-state index is 14.8. The molecule has 5 nitrogen and oxygen atoms in total. The van der Waals surface area contributed by atoms with Crippen LogP contribution in [-0.2, 0) is 11.8 Å². The van der Waals surface area contributed by atoms with Crippen LogP contribution in [0.2, 0.25) is 0 Å². The number of benzene rings is 3. The Morgan fingerprint density at radius 1 is 0.889 bits per heavy atom. The Morgan fingerprint density at radius 3 is 2.18 bits per heavy atom. The number of nitrogens with zero attached hydrogens (tertiary/aromatic N) is 2. The second kappa shape index (κ2) is 10.6. The molecule has 4 fully saturated rings. The van der Waals surface area contributed by atoms with Gasteiger partial charge in [-0.2, -0.15) is 0 Å². The number of aromatic nitrogens is 1. The van der Waals surface area contributed by atoms with Crippen molar-refractivity contribution in [3.05, 3.63) is 95.1 Å². The van der Waals surface area contributed by atoms with Crippen LogP contribution >= 0.6 is 0 Å². The fourth-order valence-corrected chi connectivity index (χ4v) is 10.1. The van der Waals surface area contributed by atoms with Crippen LogP contribution in [0.15, 0.2) is 72.8 Å². The van der Waals surface area contributed by atoms with Gasteiger partial charge in [0.1, 0.15) is 6.04 Å². The lowest BCUT2D eigenvalue weighted by molar-refractivity contribution is -0.132. The summed E-state index contributed by atoms with van der Waals surface area (Å²) < 4.78 is 2.27. The van der Waals surface area contributed by atoms with E-state index < -0.39 is 6.04 Å². The summed E-state index contributed by atoms with van der Waals surface area (Å²) in [4.78, 5) is 31.4. The lowest BCUT2D eigenvalue weighted by atomic mass is 9.53. The highest BCUT2D eigenvalue weighted by molar-refractivity contribution is 6.04. The number of para-hydroxylation sites is 1. The number of carbonyl (C=O) groups is 2. The highest BCUT2D eigenvalue weighted by Crippen LogP contribution is 2.56. The van der Waals surface area contributed by atoms with Gasteiger partial charge >= 0.3 is 0 Å². The largest absolute Gasteiger partial charge is 0.349 e. The van der Waals surface area contributed by atoms with E-state index in [9.17, 15) is 9.59 Å². The first kappa shape index (κ1) is 28.6. The molecule has 0 radical (unpaired) electrons. The Balaban J connectivity index is 1.28. The van der Waals surface area contributed by atoms with E-state index in [1.807, 2.05) is 23.1 Å². The van der Waals surface area contributed by atoms with Crippen LogP contribution in [-0.4, -0.2) is 32.9 Å². The SMILES string of the molecule is Cc1ccc(-c2c(C3c4ccccc4C(=O)N3C(CC(C)C)C(=O)NC34CC5CC(CC(C5)C3)C4)c3ccccc3n2C)cc1. The molecule has 4 aliphatic carbocycles. The minimum Gasteiger partial charge on any atom is -0.349 e. The molecule has 2 heterocycles. The normalized spacial score (nSPS) is 27.4. The van der Waals surface area contributed by atoms with Gasteiger partial charge in [0.05, 0.1) is 11.7 Å². The maximum Gasteiger partial charge on any atom is 0.255 e. The molecule has 9 rings (SSSR count). The van der Waals surface area contributed by atoms with Crippen LogP contribution in [0.5, 0.6) is 0 Å². The molecular weight excluding hydrogens is 554 g/mol. The fourth-order valence-electron chi connectivity index (χ4n) is 10.1. The number of hydrogen-bond acceptors (Lipinski definition) is 2. The van der Waals surface area contributed by atoms with Crippen molar-refractivity contribution >= 4 is 22.7 Å². The predicted molar refractivity (Wildman–Crippen MR) is 180 cm³/mol. The van der Waals surface area contributed by atoms with Crippen LogP contribution in [0.25, 0.3) is 22.2 Å². The van der Waals surface area contributed by atoms with Crippen LogP contribution in [0.3, 0.4) is 0 Å². The summed E-state index contributed by atoms with van der Waals surface area (Å²) in [5, 5.41) is 4.81. The van der Waals surface area contributed by atoms with E-state index in [1.54, 1.807) is 0 Å². The van der Waals surface area contributed by atoms with Crippen molar-refractivity contribution in [1.82, 2.24) is 14.8 Å². The minimum atomic E-state index is -0.562. The summed E-state index contributed by atoms with van der Waals surface area (Å²) in [6, 6.07) is 24.3. The topological polar surface area (TPSA) is 54.3 Å². The third-order valence-corrected chi connectivity index (χ3v) is 11.5. The molecule has 2 atom stereocenters. The number of rotatable bonds is 7. The number of nitrogens with one attached hydrogen (secondary N) is 1. The second-order valence-corrected chi connectivity index (χ2v) is 15.2. The molecule has 45 heavy (non-hydrogen) atoms. The monoisotopic (exact) mass is 599 g/mol. The van der Waals surface area contributed by atoms with E-state index in [0.717, 1.165) is 70.3 Å². The van der Waals surface area contributed by atoms with Crippen LogP contribution in [0, 0.1) is 30.6 Å². The molecule has 232 valence electrons. The van der Waals surface area contributed by atoms with Crippen molar-refractivity contribution in [1.29, 1.82) is 0 Å². The van der Waals surface area contributed by atoms with Crippen LogP contribution in [0.1, 0.15) is 91.9 Å². The van der Waals surface area contributed by atoms with Gasteiger partial charge in [-0.25, -0.2) is 0 Å². The smallest absolute Gasteiger partial charge is 0.255 e. The summed E-state index contributed by atoms with van der Waals surface area (Å²) in [7, 11) is 2.12. The number of hydrogen-bond donors (Lipinski definition) is 1. The average molecular weight is 600 g/mol. The van der Waals surface area contributed by atoms with E-state index in [2.05, 4.69) is 92.3 Å². The first-order chi connectivity index (χ1) is 21.7. The molecule has 1 N–H and O–H groups in total. The van der Waals surface area contributed by atoms with Crippen molar-refractivity contribution in [3.63, 3.8) is 0 Å². The van der Waals surface area contributed by atoms with Gasteiger partial charge in [0.2, 0.25) is 5.91 Å². The lowest BCUT2D eigenvalue weighted by Crippen LogP contribution is -2.63. The molecule has 3 aromatic carbocycles. The first-order valence-corrected chi connectivity index (χ1v) is 17.1. The van der Waals surface area contributed by atoms with Crippen molar-refractivity contribution < 1.29 is 9.59 Å². The highest BCUT2D eigenvalue weighted by Gasteiger charge is 2.53.